The second-order valence-corrected chi connectivity index (χ2v) is 7.46. The smallest absolute Gasteiger partial charge is 0.102 e. The minimum Gasteiger partial charge on any atom is -0.381 e. The lowest BCUT2D eigenvalue weighted by atomic mass is 9.73. The van der Waals surface area contributed by atoms with Gasteiger partial charge in [-0.05, 0) is 36.1 Å². The zero-order valence-electron chi connectivity index (χ0n) is 12.7. The zero-order chi connectivity index (χ0) is 14.6. The van der Waals surface area contributed by atoms with Crippen LogP contribution in [0.5, 0.6) is 0 Å². The molecular weight excluding hydrogens is 264 g/mol. The lowest BCUT2D eigenvalue weighted by molar-refractivity contribution is 0.217. The van der Waals surface area contributed by atoms with E-state index in [4.69, 9.17) is 0 Å². The van der Waals surface area contributed by atoms with E-state index < -0.39 is 0 Å². The topological polar surface area (TPSA) is 35.8 Å². The van der Waals surface area contributed by atoms with Crippen molar-refractivity contribution in [3.63, 3.8) is 0 Å². The van der Waals surface area contributed by atoms with Crippen molar-refractivity contribution < 1.29 is 0 Å². The second kappa shape index (κ2) is 6.54. The number of thioether (sulfide) groups is 1. The average molecular weight is 288 g/mol. The van der Waals surface area contributed by atoms with E-state index in [9.17, 15) is 5.26 Å². The van der Waals surface area contributed by atoms with Gasteiger partial charge in [-0.3, -0.25) is 0 Å². The van der Waals surface area contributed by atoms with E-state index in [1.54, 1.807) is 11.8 Å². The van der Waals surface area contributed by atoms with Crippen molar-refractivity contribution in [2.24, 2.45) is 5.41 Å². The molecule has 2 rings (SSSR count). The Bertz CT molecular complexity index is 502. The number of nitriles is 1. The molecule has 1 fully saturated rings. The lowest BCUT2D eigenvalue weighted by Gasteiger charge is -2.39. The van der Waals surface area contributed by atoms with Gasteiger partial charge in [-0.25, -0.2) is 0 Å². The van der Waals surface area contributed by atoms with Crippen LogP contribution in [-0.2, 0) is 0 Å². The molecule has 1 aromatic carbocycles. The molecule has 0 bridgehead atoms. The fourth-order valence-corrected chi connectivity index (χ4v) is 3.78. The third-order valence-electron chi connectivity index (χ3n) is 4.27. The van der Waals surface area contributed by atoms with Crippen LogP contribution in [-0.4, -0.2) is 11.8 Å². The van der Waals surface area contributed by atoms with E-state index in [-0.39, 0.29) is 0 Å². The standard InChI is InChI=1S/C17H24N2S/c1-4-20-15-9-7-8-14(13(15)12-18)19-16-10-5-6-11-17(16,2)3/h7-9,16,19H,4-6,10-11H2,1-3H3. The van der Waals surface area contributed by atoms with Crippen LogP contribution < -0.4 is 5.32 Å². The molecule has 1 unspecified atom stereocenters. The van der Waals surface area contributed by atoms with Crippen molar-refractivity contribution in [1.82, 2.24) is 0 Å². The highest BCUT2D eigenvalue weighted by Gasteiger charge is 2.32. The molecule has 108 valence electrons. The number of benzene rings is 1. The molecule has 0 aromatic heterocycles. The summed E-state index contributed by atoms with van der Waals surface area (Å²) in [5, 5.41) is 13.1. The highest BCUT2D eigenvalue weighted by molar-refractivity contribution is 7.99. The van der Waals surface area contributed by atoms with Crippen LogP contribution in [0.4, 0.5) is 5.69 Å². The van der Waals surface area contributed by atoms with Gasteiger partial charge >= 0.3 is 0 Å². The van der Waals surface area contributed by atoms with Crippen molar-refractivity contribution in [3.05, 3.63) is 23.8 Å². The van der Waals surface area contributed by atoms with Gasteiger partial charge in [0.1, 0.15) is 6.07 Å². The third kappa shape index (κ3) is 3.30. The molecule has 1 aliphatic carbocycles. The Hall–Kier alpha value is -1.14. The molecule has 1 aliphatic rings. The summed E-state index contributed by atoms with van der Waals surface area (Å²) in [7, 11) is 0. The van der Waals surface area contributed by atoms with Crippen LogP contribution in [0, 0.1) is 16.7 Å². The summed E-state index contributed by atoms with van der Waals surface area (Å²) in [6.07, 6.45) is 5.06. The second-order valence-electron chi connectivity index (χ2n) is 6.15. The molecule has 1 atom stereocenters. The highest BCUT2D eigenvalue weighted by atomic mass is 32.2. The van der Waals surface area contributed by atoms with Gasteiger partial charge in [-0.1, -0.05) is 39.7 Å². The Balaban J connectivity index is 2.25. The van der Waals surface area contributed by atoms with Gasteiger partial charge in [0.2, 0.25) is 0 Å². The maximum atomic E-state index is 9.48. The molecule has 1 aromatic rings. The number of anilines is 1. The first-order valence-corrected chi connectivity index (χ1v) is 8.49. The number of nitrogens with one attached hydrogen (secondary N) is 1. The molecule has 3 heteroatoms. The normalized spacial score (nSPS) is 21.2. The van der Waals surface area contributed by atoms with Crippen molar-refractivity contribution in [1.29, 1.82) is 5.26 Å². The minimum atomic E-state index is 0.304. The molecule has 0 radical (unpaired) electrons. The van der Waals surface area contributed by atoms with E-state index in [0.29, 0.717) is 11.5 Å². The molecule has 1 saturated carbocycles. The summed E-state index contributed by atoms with van der Waals surface area (Å²) in [5.74, 6) is 0.993. The number of hydrogen-bond donors (Lipinski definition) is 1. The van der Waals surface area contributed by atoms with Crippen molar-refractivity contribution in [2.75, 3.05) is 11.1 Å². The molecule has 20 heavy (non-hydrogen) atoms. The first-order valence-electron chi connectivity index (χ1n) is 7.51. The van der Waals surface area contributed by atoms with Crippen LogP contribution in [0.1, 0.15) is 52.0 Å². The Morgan fingerprint density at radius 3 is 2.85 bits per heavy atom. The predicted octanol–water partition coefficient (Wildman–Crippen LogP) is 5.05. The first kappa shape index (κ1) is 15.3. The first-order chi connectivity index (χ1) is 9.58. The van der Waals surface area contributed by atoms with Crippen LogP contribution in [0.25, 0.3) is 0 Å². The molecule has 0 spiro atoms. The van der Waals surface area contributed by atoms with Crippen LogP contribution in [0.2, 0.25) is 0 Å². The van der Waals surface area contributed by atoms with E-state index in [2.05, 4.69) is 38.2 Å². The van der Waals surface area contributed by atoms with Gasteiger partial charge in [0.25, 0.3) is 0 Å². The molecule has 0 heterocycles. The quantitative estimate of drug-likeness (QED) is 0.787. The van der Waals surface area contributed by atoms with Crippen molar-refractivity contribution >= 4 is 17.4 Å². The van der Waals surface area contributed by atoms with Crippen LogP contribution in [0.3, 0.4) is 0 Å². The number of rotatable bonds is 4. The largest absolute Gasteiger partial charge is 0.381 e. The SMILES string of the molecule is CCSc1cccc(NC2CCCCC2(C)C)c1C#N. The van der Waals surface area contributed by atoms with Crippen LogP contribution in [0.15, 0.2) is 23.1 Å². The molecular formula is C17H24N2S. The fraction of sp³-hybridized carbons (Fsp3) is 0.588. The van der Waals surface area contributed by atoms with E-state index >= 15 is 0 Å². The highest BCUT2D eigenvalue weighted by Crippen LogP contribution is 2.38. The van der Waals surface area contributed by atoms with E-state index in [1.807, 2.05) is 12.1 Å². The lowest BCUT2D eigenvalue weighted by Crippen LogP contribution is -2.39. The van der Waals surface area contributed by atoms with E-state index in [0.717, 1.165) is 21.9 Å². The minimum absolute atomic E-state index is 0.304. The number of nitrogens with zero attached hydrogens (tertiary/aromatic N) is 1. The average Bonchev–Trinajstić information content (AvgIpc) is 2.42. The van der Waals surface area contributed by atoms with Crippen molar-refractivity contribution in [2.45, 2.75) is 57.4 Å². The molecule has 0 amide bonds. The Kier molecular flexibility index (Phi) is 4.99. The van der Waals surface area contributed by atoms with Gasteiger partial charge in [-0.2, -0.15) is 5.26 Å². The Labute approximate surface area is 127 Å². The summed E-state index contributed by atoms with van der Waals surface area (Å²) in [6, 6.07) is 8.99. The molecule has 0 aliphatic heterocycles. The summed E-state index contributed by atoms with van der Waals surface area (Å²) >= 11 is 1.74. The Morgan fingerprint density at radius 1 is 1.40 bits per heavy atom. The summed E-state index contributed by atoms with van der Waals surface area (Å²) in [4.78, 5) is 1.09. The summed E-state index contributed by atoms with van der Waals surface area (Å²) in [6.45, 7) is 6.79. The zero-order valence-corrected chi connectivity index (χ0v) is 13.5. The molecule has 1 N–H and O–H groups in total. The van der Waals surface area contributed by atoms with Gasteiger partial charge in [-0.15, -0.1) is 11.8 Å². The summed E-state index contributed by atoms with van der Waals surface area (Å²) in [5.41, 5.74) is 2.12. The van der Waals surface area contributed by atoms with Crippen LogP contribution >= 0.6 is 11.8 Å². The maximum absolute atomic E-state index is 9.48. The fourth-order valence-electron chi connectivity index (χ4n) is 2.99. The molecule has 0 saturated heterocycles. The van der Waals surface area contributed by atoms with E-state index in [1.165, 1.54) is 25.7 Å². The van der Waals surface area contributed by atoms with Gasteiger partial charge < -0.3 is 5.32 Å². The third-order valence-corrected chi connectivity index (χ3v) is 5.21. The maximum Gasteiger partial charge on any atom is 0.102 e. The number of hydrogen-bond acceptors (Lipinski definition) is 3. The van der Waals surface area contributed by atoms with Gasteiger partial charge in [0.15, 0.2) is 0 Å². The van der Waals surface area contributed by atoms with Crippen molar-refractivity contribution in [3.8, 4) is 6.07 Å². The Morgan fingerprint density at radius 2 is 2.20 bits per heavy atom. The van der Waals surface area contributed by atoms with Gasteiger partial charge in [0.05, 0.1) is 11.3 Å². The van der Waals surface area contributed by atoms with Gasteiger partial charge in [0, 0.05) is 10.9 Å². The summed E-state index contributed by atoms with van der Waals surface area (Å²) < 4.78 is 0. The molecule has 2 nitrogen and oxygen atoms in total. The monoisotopic (exact) mass is 288 g/mol. The predicted molar refractivity (Wildman–Crippen MR) is 87.2 cm³/mol.